The number of ether oxygens (including phenoxy) is 1. The van der Waals surface area contributed by atoms with Crippen LogP contribution in [0.3, 0.4) is 0 Å². The number of hydrogen-bond acceptors (Lipinski definition) is 6. The van der Waals surface area contributed by atoms with Crippen molar-refractivity contribution in [2.75, 3.05) is 5.75 Å². The number of benzene rings is 3. The van der Waals surface area contributed by atoms with Gasteiger partial charge in [0.25, 0.3) is 0 Å². The van der Waals surface area contributed by atoms with Gasteiger partial charge in [-0.15, -0.1) is 0 Å². The Balaban J connectivity index is 1.64. The van der Waals surface area contributed by atoms with Gasteiger partial charge in [0.15, 0.2) is 5.78 Å². The molecule has 2 atom stereocenters. The second kappa shape index (κ2) is 11.9. The topological polar surface area (TPSA) is 79.5 Å². The predicted molar refractivity (Wildman–Crippen MR) is 143 cm³/mol. The van der Waals surface area contributed by atoms with Crippen molar-refractivity contribution in [2.45, 2.75) is 19.4 Å². The number of carbonyl (C=O) groups is 2. The van der Waals surface area contributed by atoms with Gasteiger partial charge in [-0.05, 0) is 30.2 Å². The summed E-state index contributed by atoms with van der Waals surface area (Å²) in [6.45, 7) is 1.88. The van der Waals surface area contributed by atoms with Crippen LogP contribution in [0.4, 0.5) is 0 Å². The first-order chi connectivity index (χ1) is 17.5. The number of rotatable bonds is 8. The highest BCUT2D eigenvalue weighted by Gasteiger charge is 2.40. The lowest BCUT2D eigenvalue weighted by Gasteiger charge is -2.30. The quantitative estimate of drug-likeness (QED) is 0.249. The lowest BCUT2D eigenvalue weighted by molar-refractivity contribution is -0.147. The second-order valence-electron chi connectivity index (χ2n) is 8.26. The monoisotopic (exact) mass is 514 g/mol. The van der Waals surface area contributed by atoms with Crippen LogP contribution in [0.2, 0.25) is 5.02 Å². The number of carbonyl (C=O) groups excluding carboxylic acids is 2. The van der Waals surface area contributed by atoms with E-state index < -0.39 is 17.8 Å². The van der Waals surface area contributed by atoms with Gasteiger partial charge >= 0.3 is 5.97 Å². The molecule has 0 N–H and O–H groups in total. The maximum atomic E-state index is 13.3. The summed E-state index contributed by atoms with van der Waals surface area (Å²) in [7, 11) is 0. The number of aliphatic imine (C=N–C) groups is 1. The lowest BCUT2D eigenvalue weighted by atomic mass is 9.77. The zero-order valence-corrected chi connectivity index (χ0v) is 21.1. The minimum Gasteiger partial charge on any atom is -0.460 e. The molecule has 0 aromatic heterocycles. The molecule has 4 rings (SSSR count). The number of thioether (sulfide) groups is 1. The van der Waals surface area contributed by atoms with E-state index in [-0.39, 0.29) is 18.1 Å². The fourth-order valence-electron chi connectivity index (χ4n) is 4.05. The molecule has 7 heteroatoms. The number of allylic oxidation sites excluding steroid dienone is 1. The van der Waals surface area contributed by atoms with Gasteiger partial charge in [-0.2, -0.15) is 5.26 Å². The number of esters is 1. The van der Waals surface area contributed by atoms with E-state index in [4.69, 9.17) is 16.3 Å². The number of Topliss-reactive ketones (excluding diaryl/α,β-unsaturated/α-hetero) is 1. The highest BCUT2D eigenvalue weighted by molar-refractivity contribution is 8.03. The van der Waals surface area contributed by atoms with Crippen LogP contribution in [-0.4, -0.2) is 23.2 Å². The smallest absolute Gasteiger partial charge is 0.316 e. The molecule has 180 valence electrons. The molecule has 0 radical (unpaired) electrons. The molecule has 0 bridgehead atoms. The average molecular weight is 515 g/mol. The molecule has 1 aliphatic rings. The number of nitriles is 1. The van der Waals surface area contributed by atoms with Crippen molar-refractivity contribution in [3.8, 4) is 6.07 Å². The zero-order chi connectivity index (χ0) is 25.5. The van der Waals surface area contributed by atoms with Crippen molar-refractivity contribution >= 4 is 40.8 Å². The Morgan fingerprint density at radius 2 is 1.64 bits per heavy atom. The van der Waals surface area contributed by atoms with Gasteiger partial charge in [0.05, 0.1) is 17.4 Å². The molecular formula is C29H23ClN2O3S. The van der Waals surface area contributed by atoms with Gasteiger partial charge in [-0.1, -0.05) is 96.2 Å². The van der Waals surface area contributed by atoms with Gasteiger partial charge < -0.3 is 4.74 Å². The summed E-state index contributed by atoms with van der Waals surface area (Å²) in [6.07, 6.45) is 0. The maximum Gasteiger partial charge on any atom is 0.316 e. The minimum atomic E-state index is -0.779. The average Bonchev–Trinajstić information content (AvgIpc) is 2.91. The number of halogens is 1. The molecule has 0 saturated heterocycles. The maximum absolute atomic E-state index is 13.3. The Kier molecular flexibility index (Phi) is 8.37. The summed E-state index contributed by atoms with van der Waals surface area (Å²) in [4.78, 5) is 30.6. The molecule has 3 aromatic carbocycles. The SMILES string of the molecule is CC1=NC(SCC(=O)c2ccccc2)=C(C#N)[C@H](c2ccc(Cl)cc2)[C@H]1C(=O)OCc1ccccc1. The van der Waals surface area contributed by atoms with Gasteiger partial charge in [0, 0.05) is 22.2 Å². The molecule has 3 aromatic rings. The van der Waals surface area contributed by atoms with E-state index >= 15 is 0 Å². The van der Waals surface area contributed by atoms with E-state index in [1.807, 2.05) is 48.5 Å². The van der Waals surface area contributed by atoms with Gasteiger partial charge in [0.1, 0.15) is 17.6 Å². The summed E-state index contributed by atoms with van der Waals surface area (Å²) in [5.41, 5.74) is 3.07. The molecule has 36 heavy (non-hydrogen) atoms. The molecule has 0 fully saturated rings. The van der Waals surface area contributed by atoms with Crippen LogP contribution in [0.5, 0.6) is 0 Å². The van der Waals surface area contributed by atoms with Crippen LogP contribution < -0.4 is 0 Å². The first-order valence-electron chi connectivity index (χ1n) is 11.3. The zero-order valence-electron chi connectivity index (χ0n) is 19.6. The van der Waals surface area contributed by atoms with Crippen molar-refractivity contribution in [3.05, 3.63) is 117 Å². The van der Waals surface area contributed by atoms with E-state index in [1.54, 1.807) is 43.3 Å². The summed E-state index contributed by atoms with van der Waals surface area (Å²) < 4.78 is 5.66. The number of hydrogen-bond donors (Lipinski definition) is 0. The van der Waals surface area contributed by atoms with Crippen molar-refractivity contribution in [3.63, 3.8) is 0 Å². The molecular weight excluding hydrogens is 492 g/mol. The molecule has 0 spiro atoms. The molecule has 0 aliphatic carbocycles. The fraction of sp³-hybridized carbons (Fsp3) is 0.172. The van der Waals surface area contributed by atoms with Gasteiger partial charge in [0.2, 0.25) is 0 Å². The van der Waals surface area contributed by atoms with E-state index in [2.05, 4.69) is 11.1 Å². The number of nitrogens with zero attached hydrogens (tertiary/aromatic N) is 2. The summed E-state index contributed by atoms with van der Waals surface area (Å²) in [5.74, 6) is -1.79. The van der Waals surface area contributed by atoms with Crippen LogP contribution in [0.25, 0.3) is 0 Å². The van der Waals surface area contributed by atoms with E-state index in [0.717, 1.165) is 11.1 Å². The highest BCUT2D eigenvalue weighted by Crippen LogP contribution is 2.42. The van der Waals surface area contributed by atoms with Crippen LogP contribution >= 0.6 is 23.4 Å². The van der Waals surface area contributed by atoms with Crippen molar-refractivity contribution in [1.82, 2.24) is 0 Å². The molecule has 5 nitrogen and oxygen atoms in total. The van der Waals surface area contributed by atoms with Gasteiger partial charge in [-0.3, -0.25) is 9.59 Å². The second-order valence-corrected chi connectivity index (χ2v) is 9.66. The predicted octanol–water partition coefficient (Wildman–Crippen LogP) is 6.61. The lowest BCUT2D eigenvalue weighted by Crippen LogP contribution is -2.34. The van der Waals surface area contributed by atoms with Crippen LogP contribution in [0.1, 0.15) is 34.3 Å². The standard InChI is InChI=1S/C29H23ClN2O3S/c1-19-26(29(34)35-17-20-8-4-2-5-9-20)27(22-12-14-23(30)15-13-22)24(16-31)28(32-19)36-18-25(33)21-10-6-3-7-11-21/h2-15,26-27H,17-18H2,1H3/t26-,27-/m0/s1. The Bertz CT molecular complexity index is 1350. The minimum absolute atomic E-state index is 0.0642. The first-order valence-corrected chi connectivity index (χ1v) is 12.7. The molecule has 0 amide bonds. The Labute approximate surface area is 219 Å². The molecule has 1 heterocycles. The number of ketones is 1. The van der Waals surface area contributed by atoms with E-state index in [1.165, 1.54) is 11.8 Å². The van der Waals surface area contributed by atoms with E-state index in [0.29, 0.717) is 26.9 Å². The Morgan fingerprint density at radius 1 is 1.00 bits per heavy atom. The molecule has 1 aliphatic heterocycles. The molecule has 0 unspecified atom stereocenters. The third-order valence-electron chi connectivity index (χ3n) is 5.87. The third-order valence-corrected chi connectivity index (χ3v) is 7.11. The first kappa shape index (κ1) is 25.4. The van der Waals surface area contributed by atoms with Crippen LogP contribution in [0.15, 0.2) is 101 Å². The van der Waals surface area contributed by atoms with E-state index in [9.17, 15) is 14.9 Å². The van der Waals surface area contributed by atoms with Crippen LogP contribution in [-0.2, 0) is 16.1 Å². The van der Waals surface area contributed by atoms with Crippen molar-refractivity contribution < 1.29 is 14.3 Å². The largest absolute Gasteiger partial charge is 0.460 e. The summed E-state index contributed by atoms with van der Waals surface area (Å²) >= 11 is 7.31. The third kappa shape index (κ3) is 5.93. The Hall–Kier alpha value is -3.66. The normalized spacial score (nSPS) is 17.2. The van der Waals surface area contributed by atoms with Gasteiger partial charge in [-0.25, -0.2) is 4.99 Å². The van der Waals surface area contributed by atoms with Crippen LogP contribution in [0, 0.1) is 17.2 Å². The van der Waals surface area contributed by atoms with Crippen molar-refractivity contribution in [1.29, 1.82) is 5.26 Å². The van der Waals surface area contributed by atoms with Crippen molar-refractivity contribution in [2.24, 2.45) is 10.9 Å². The Morgan fingerprint density at radius 3 is 2.28 bits per heavy atom. The highest BCUT2D eigenvalue weighted by atomic mass is 35.5. The summed E-state index contributed by atoms with van der Waals surface area (Å²) in [6, 6.07) is 27.7. The fourth-order valence-corrected chi connectivity index (χ4v) is 5.15. The molecule has 0 saturated carbocycles. The summed E-state index contributed by atoms with van der Waals surface area (Å²) in [5, 5.41) is 11.2.